The van der Waals surface area contributed by atoms with E-state index in [-0.39, 0.29) is 11.6 Å². The van der Waals surface area contributed by atoms with Crippen LogP contribution in [0.1, 0.15) is 34.0 Å². The van der Waals surface area contributed by atoms with Gasteiger partial charge in [0.25, 0.3) is 5.56 Å². The third-order valence-corrected chi connectivity index (χ3v) is 8.30. The number of fused-ring (bicyclic) bond motifs is 3. The Labute approximate surface area is 200 Å². The molecule has 33 heavy (non-hydrogen) atoms. The molecule has 0 N–H and O–H groups in total. The number of nitrogens with zero attached hydrogens (tertiary/aromatic N) is 3. The molecule has 0 bridgehead atoms. The molecule has 0 fully saturated rings. The van der Waals surface area contributed by atoms with Gasteiger partial charge in [-0.3, -0.25) is 9.36 Å². The second kappa shape index (κ2) is 7.97. The van der Waals surface area contributed by atoms with Crippen molar-refractivity contribution < 1.29 is 0 Å². The highest BCUT2D eigenvalue weighted by molar-refractivity contribution is 7.10. The van der Waals surface area contributed by atoms with Crippen molar-refractivity contribution in [2.24, 2.45) is 4.99 Å². The van der Waals surface area contributed by atoms with E-state index < -0.39 is 0 Å². The van der Waals surface area contributed by atoms with Gasteiger partial charge in [-0.25, -0.2) is 4.99 Å². The number of thiophene rings is 1. The molecule has 4 nitrogen and oxygen atoms in total. The highest BCUT2D eigenvalue weighted by atomic mass is 32.1. The minimum Gasteiger partial charge on any atom is -0.378 e. The van der Waals surface area contributed by atoms with Crippen molar-refractivity contribution in [1.82, 2.24) is 4.57 Å². The summed E-state index contributed by atoms with van der Waals surface area (Å²) >= 11 is 3.20. The lowest BCUT2D eigenvalue weighted by Gasteiger charge is -2.30. The molecule has 0 unspecified atom stereocenters. The fourth-order valence-electron chi connectivity index (χ4n) is 4.74. The fourth-order valence-corrected chi connectivity index (χ4v) is 6.59. The number of hydrogen-bond acceptors (Lipinski definition) is 5. The largest absolute Gasteiger partial charge is 0.378 e. The monoisotopic (exact) mass is 469 g/mol. The van der Waals surface area contributed by atoms with E-state index >= 15 is 0 Å². The molecule has 0 spiro atoms. The molecule has 3 heterocycles. The zero-order valence-corrected chi connectivity index (χ0v) is 20.1. The molecule has 2 aromatic carbocycles. The molecule has 2 aliphatic rings. The zero-order chi connectivity index (χ0) is 22.5. The molecule has 2 aromatic heterocycles. The summed E-state index contributed by atoms with van der Waals surface area (Å²) < 4.78 is 2.64. The third kappa shape index (κ3) is 3.41. The lowest BCUT2D eigenvalue weighted by Crippen LogP contribution is -2.38. The summed E-state index contributed by atoms with van der Waals surface area (Å²) in [5, 5.41) is 2.09. The smallest absolute Gasteiger partial charge is 0.271 e. The second-order valence-electron chi connectivity index (χ2n) is 8.62. The van der Waals surface area contributed by atoms with Crippen LogP contribution in [0.15, 0.2) is 81.4 Å². The Morgan fingerprint density at radius 1 is 1.03 bits per heavy atom. The first-order valence-electron chi connectivity index (χ1n) is 11.0. The maximum absolute atomic E-state index is 13.7. The molecule has 1 aliphatic carbocycles. The maximum Gasteiger partial charge on any atom is 0.271 e. The van der Waals surface area contributed by atoms with Crippen LogP contribution < -0.4 is 19.8 Å². The lowest BCUT2D eigenvalue weighted by molar-refractivity contribution is 0.593. The number of allylic oxidation sites excluding steroid dienone is 1. The number of anilines is 1. The van der Waals surface area contributed by atoms with Crippen LogP contribution in [0.4, 0.5) is 5.69 Å². The van der Waals surface area contributed by atoms with E-state index in [0.29, 0.717) is 0 Å². The molecule has 0 saturated heterocycles. The minimum absolute atomic E-state index is 0.0410. The van der Waals surface area contributed by atoms with Gasteiger partial charge in [0.1, 0.15) is 0 Å². The zero-order valence-electron chi connectivity index (χ0n) is 18.5. The number of aromatic nitrogens is 1. The van der Waals surface area contributed by atoms with Crippen LogP contribution in [-0.4, -0.2) is 18.7 Å². The molecule has 1 atom stereocenters. The molecule has 6 heteroatoms. The van der Waals surface area contributed by atoms with Gasteiger partial charge in [-0.15, -0.1) is 11.3 Å². The summed E-state index contributed by atoms with van der Waals surface area (Å²) in [6, 6.07) is 20.9. The quantitative estimate of drug-likeness (QED) is 0.445. The standard InChI is InChI=1S/C27H23N3OS2/c1-29(2)19-12-9-17(10-13-19)16-23-26(31)30-25(22-8-5-15-32-22)21-14-11-18-6-3-4-7-20(18)24(21)28-27(30)33-23/h3-10,12-13,15-16,25H,11,14H2,1-2H3/b23-16+/t25-/m0/s1. The van der Waals surface area contributed by atoms with E-state index in [1.54, 1.807) is 11.3 Å². The molecule has 6 rings (SSSR count). The topological polar surface area (TPSA) is 37.6 Å². The van der Waals surface area contributed by atoms with Crippen LogP contribution in [-0.2, 0) is 6.42 Å². The molecule has 1 aliphatic heterocycles. The van der Waals surface area contributed by atoms with E-state index in [0.717, 1.165) is 39.1 Å². The number of hydrogen-bond donors (Lipinski definition) is 0. The van der Waals surface area contributed by atoms with Crippen molar-refractivity contribution >= 4 is 40.1 Å². The Hall–Kier alpha value is -3.22. The molecule has 164 valence electrons. The fraction of sp³-hybridized carbons (Fsp3) is 0.185. The van der Waals surface area contributed by atoms with Crippen molar-refractivity contribution in [3.05, 3.63) is 113 Å². The van der Waals surface area contributed by atoms with Gasteiger partial charge in [-0.2, -0.15) is 0 Å². The maximum atomic E-state index is 13.7. The van der Waals surface area contributed by atoms with E-state index in [4.69, 9.17) is 4.99 Å². The number of thiazole rings is 1. The Bertz CT molecular complexity index is 1550. The van der Waals surface area contributed by atoms with Crippen LogP contribution >= 0.6 is 22.7 Å². The van der Waals surface area contributed by atoms with Crippen molar-refractivity contribution in [2.75, 3.05) is 19.0 Å². The van der Waals surface area contributed by atoms with Gasteiger partial charge in [0.05, 0.1) is 16.3 Å². The summed E-state index contributed by atoms with van der Waals surface area (Å²) in [6.07, 6.45) is 3.90. The highest BCUT2D eigenvalue weighted by Crippen LogP contribution is 2.42. The molecular formula is C27H23N3OS2. The van der Waals surface area contributed by atoms with Crippen molar-refractivity contribution in [1.29, 1.82) is 0 Å². The predicted octanol–water partition coefficient (Wildman–Crippen LogP) is 4.45. The van der Waals surface area contributed by atoms with Crippen LogP contribution in [0.3, 0.4) is 0 Å². The summed E-state index contributed by atoms with van der Waals surface area (Å²) in [4.78, 5) is 22.8. The van der Waals surface area contributed by atoms with E-state index in [1.807, 2.05) is 24.7 Å². The normalized spacial score (nSPS) is 17.3. The Balaban J connectivity index is 1.56. The summed E-state index contributed by atoms with van der Waals surface area (Å²) in [5.41, 5.74) is 7.05. The van der Waals surface area contributed by atoms with Gasteiger partial charge in [-0.1, -0.05) is 53.8 Å². The first kappa shape index (κ1) is 20.4. The summed E-state index contributed by atoms with van der Waals surface area (Å²) in [5.74, 6) is 0. The Kier molecular flexibility index (Phi) is 4.93. The number of aryl methyl sites for hydroxylation is 1. The Morgan fingerprint density at radius 3 is 2.61 bits per heavy atom. The summed E-state index contributed by atoms with van der Waals surface area (Å²) in [6.45, 7) is 0. The lowest BCUT2D eigenvalue weighted by atomic mass is 9.85. The Morgan fingerprint density at radius 2 is 1.85 bits per heavy atom. The van der Waals surface area contributed by atoms with Gasteiger partial charge >= 0.3 is 0 Å². The molecule has 0 radical (unpaired) electrons. The predicted molar refractivity (Wildman–Crippen MR) is 138 cm³/mol. The van der Waals surface area contributed by atoms with Gasteiger partial charge < -0.3 is 4.90 Å². The average molecular weight is 470 g/mol. The van der Waals surface area contributed by atoms with Crippen molar-refractivity contribution in [3.8, 4) is 0 Å². The number of benzene rings is 2. The van der Waals surface area contributed by atoms with Gasteiger partial charge in [0.2, 0.25) is 0 Å². The highest BCUT2D eigenvalue weighted by Gasteiger charge is 2.32. The minimum atomic E-state index is -0.0807. The summed E-state index contributed by atoms with van der Waals surface area (Å²) in [7, 11) is 4.05. The molecule has 0 amide bonds. The average Bonchev–Trinajstić information content (AvgIpc) is 3.47. The van der Waals surface area contributed by atoms with Gasteiger partial charge in [-0.05, 0) is 59.2 Å². The third-order valence-electron chi connectivity index (χ3n) is 6.39. The first-order valence-corrected chi connectivity index (χ1v) is 12.7. The van der Waals surface area contributed by atoms with Crippen molar-refractivity contribution in [2.45, 2.75) is 18.9 Å². The van der Waals surface area contributed by atoms with Gasteiger partial charge in [0, 0.05) is 30.2 Å². The molecule has 4 aromatic rings. The SMILES string of the molecule is CN(C)c1ccc(/C=c2/sc3n(c2=O)[C@H](c2cccs2)C2=C(N=3)c3ccccc3CC2)cc1. The van der Waals surface area contributed by atoms with Crippen molar-refractivity contribution in [3.63, 3.8) is 0 Å². The van der Waals surface area contributed by atoms with E-state index in [2.05, 4.69) is 70.9 Å². The van der Waals surface area contributed by atoms with Gasteiger partial charge in [0.15, 0.2) is 4.80 Å². The van der Waals surface area contributed by atoms with Crippen LogP contribution in [0.2, 0.25) is 0 Å². The molecular weight excluding hydrogens is 446 g/mol. The first-order chi connectivity index (χ1) is 16.1. The molecule has 0 saturated carbocycles. The van der Waals surface area contributed by atoms with Crippen LogP contribution in [0.25, 0.3) is 11.8 Å². The number of rotatable bonds is 3. The van der Waals surface area contributed by atoms with Crippen LogP contribution in [0.5, 0.6) is 0 Å². The van der Waals surface area contributed by atoms with Crippen LogP contribution in [0, 0.1) is 0 Å². The second-order valence-corrected chi connectivity index (χ2v) is 10.6. The van der Waals surface area contributed by atoms with E-state index in [1.165, 1.54) is 32.9 Å². The van der Waals surface area contributed by atoms with E-state index in [9.17, 15) is 4.79 Å².